The predicted molar refractivity (Wildman–Crippen MR) is 88.1 cm³/mol. The van der Waals surface area contributed by atoms with Crippen molar-refractivity contribution < 1.29 is 17.9 Å². The van der Waals surface area contributed by atoms with Crippen LogP contribution in [0.3, 0.4) is 0 Å². The van der Waals surface area contributed by atoms with Gasteiger partial charge < -0.3 is 10.1 Å². The molecule has 1 aliphatic carbocycles. The van der Waals surface area contributed by atoms with Crippen LogP contribution in [-0.2, 0) is 14.8 Å². The van der Waals surface area contributed by atoms with E-state index in [4.69, 9.17) is 16.3 Å². The number of carbonyl (C=O) groups is 1. The maximum absolute atomic E-state index is 12.1. The Morgan fingerprint density at radius 1 is 1.39 bits per heavy atom. The smallest absolute Gasteiger partial charge is 0.258 e. The third kappa shape index (κ3) is 5.67. The molecule has 128 valence electrons. The molecule has 0 spiro atoms. The van der Waals surface area contributed by atoms with Crippen molar-refractivity contribution in [3.63, 3.8) is 0 Å². The van der Waals surface area contributed by atoms with Crippen molar-refractivity contribution in [3.8, 4) is 5.75 Å². The normalized spacial score (nSPS) is 14.8. The second-order valence-electron chi connectivity index (χ2n) is 5.97. The summed E-state index contributed by atoms with van der Waals surface area (Å²) in [4.78, 5) is 11.6. The van der Waals surface area contributed by atoms with Gasteiger partial charge in [0.2, 0.25) is 10.0 Å². The van der Waals surface area contributed by atoms with Gasteiger partial charge in [-0.1, -0.05) is 25.4 Å². The number of carbonyl (C=O) groups excluding carboxylic acids is 1. The maximum Gasteiger partial charge on any atom is 0.258 e. The lowest BCUT2D eigenvalue weighted by molar-refractivity contribution is -0.123. The van der Waals surface area contributed by atoms with E-state index in [-0.39, 0.29) is 40.1 Å². The first kappa shape index (κ1) is 18.0. The van der Waals surface area contributed by atoms with Gasteiger partial charge in [0.25, 0.3) is 5.91 Å². The highest BCUT2D eigenvalue weighted by atomic mass is 35.5. The third-order valence-corrected chi connectivity index (χ3v) is 4.91. The number of hydrogen-bond donors (Lipinski definition) is 2. The number of sulfonamides is 1. The molecule has 1 aliphatic rings. The quantitative estimate of drug-likeness (QED) is 0.741. The molecule has 0 heterocycles. The van der Waals surface area contributed by atoms with Gasteiger partial charge >= 0.3 is 0 Å². The molecule has 1 aromatic carbocycles. The molecule has 1 saturated carbocycles. The van der Waals surface area contributed by atoms with E-state index in [1.165, 1.54) is 18.2 Å². The molecule has 0 unspecified atom stereocenters. The molecule has 2 N–H and O–H groups in total. The van der Waals surface area contributed by atoms with Crippen molar-refractivity contribution in [1.82, 2.24) is 10.0 Å². The topological polar surface area (TPSA) is 84.5 Å². The van der Waals surface area contributed by atoms with Crippen molar-refractivity contribution >= 4 is 27.5 Å². The lowest BCUT2D eigenvalue weighted by Crippen LogP contribution is -2.30. The molecule has 1 amide bonds. The fraction of sp³-hybridized carbons (Fsp3) is 0.533. The van der Waals surface area contributed by atoms with E-state index in [9.17, 15) is 13.2 Å². The van der Waals surface area contributed by atoms with E-state index < -0.39 is 10.0 Å². The number of halogens is 1. The summed E-state index contributed by atoms with van der Waals surface area (Å²) in [5, 5.41) is 2.94. The summed E-state index contributed by atoms with van der Waals surface area (Å²) in [6, 6.07) is 4.44. The summed E-state index contributed by atoms with van der Waals surface area (Å²) in [5.74, 6) is 0.270. The first-order valence-electron chi connectivity index (χ1n) is 7.49. The zero-order valence-electron chi connectivity index (χ0n) is 13.1. The van der Waals surface area contributed by atoms with E-state index in [0.717, 1.165) is 12.8 Å². The first-order chi connectivity index (χ1) is 10.8. The van der Waals surface area contributed by atoms with E-state index in [0.29, 0.717) is 6.54 Å². The van der Waals surface area contributed by atoms with Gasteiger partial charge in [0.1, 0.15) is 5.75 Å². The van der Waals surface area contributed by atoms with Gasteiger partial charge in [-0.15, -0.1) is 0 Å². The molecule has 6 nitrogen and oxygen atoms in total. The average Bonchev–Trinajstić information content (AvgIpc) is 3.27. The highest BCUT2D eigenvalue weighted by molar-refractivity contribution is 7.89. The monoisotopic (exact) mass is 360 g/mol. The highest BCUT2D eigenvalue weighted by Gasteiger charge is 2.23. The molecule has 0 aliphatic heterocycles. The standard InChI is InChI=1S/C15H21ClN2O4S/c1-10(2)8-17-23(20,21)12-5-6-14(13(16)7-12)22-9-15(19)18-11-3-4-11/h5-7,10-11,17H,3-4,8-9H2,1-2H3,(H,18,19). The minimum absolute atomic E-state index is 0.0675. The van der Waals surface area contributed by atoms with Gasteiger partial charge in [0, 0.05) is 12.6 Å². The van der Waals surface area contributed by atoms with Crippen molar-refractivity contribution in [3.05, 3.63) is 23.2 Å². The van der Waals surface area contributed by atoms with Crippen molar-refractivity contribution in [2.75, 3.05) is 13.2 Å². The van der Waals surface area contributed by atoms with Gasteiger partial charge in [0.05, 0.1) is 9.92 Å². The van der Waals surface area contributed by atoms with Crippen LogP contribution in [0.5, 0.6) is 5.75 Å². The number of nitrogens with one attached hydrogen (secondary N) is 2. The Bertz CT molecular complexity index is 672. The summed E-state index contributed by atoms with van der Waals surface area (Å²) >= 11 is 6.05. The fourth-order valence-electron chi connectivity index (χ4n) is 1.77. The predicted octanol–water partition coefficient (Wildman–Crippen LogP) is 1.93. The molecule has 0 saturated heterocycles. The largest absolute Gasteiger partial charge is 0.482 e. The van der Waals surface area contributed by atoms with Crippen molar-refractivity contribution in [2.45, 2.75) is 37.6 Å². The van der Waals surface area contributed by atoms with Crippen LogP contribution in [0.4, 0.5) is 0 Å². The summed E-state index contributed by atoms with van der Waals surface area (Å²) in [5.41, 5.74) is 0. The molecule has 0 radical (unpaired) electrons. The van der Waals surface area contributed by atoms with E-state index in [1.807, 2.05) is 13.8 Å². The maximum atomic E-state index is 12.1. The Balaban J connectivity index is 1.97. The first-order valence-corrected chi connectivity index (χ1v) is 9.35. The Morgan fingerprint density at radius 2 is 2.09 bits per heavy atom. The molecule has 1 fully saturated rings. The number of rotatable bonds is 8. The Hall–Kier alpha value is -1.31. The molecular weight excluding hydrogens is 340 g/mol. The number of hydrogen-bond acceptors (Lipinski definition) is 4. The van der Waals surface area contributed by atoms with E-state index >= 15 is 0 Å². The SMILES string of the molecule is CC(C)CNS(=O)(=O)c1ccc(OCC(=O)NC2CC2)c(Cl)c1. The third-order valence-electron chi connectivity index (χ3n) is 3.20. The Kier molecular flexibility index (Phi) is 5.89. The minimum atomic E-state index is -3.60. The van der Waals surface area contributed by atoms with Crippen molar-refractivity contribution in [2.24, 2.45) is 5.92 Å². The Labute approximate surface area is 141 Å². The zero-order valence-corrected chi connectivity index (χ0v) is 14.7. The van der Waals surface area contributed by atoms with Gasteiger partial charge in [-0.25, -0.2) is 13.1 Å². The lowest BCUT2D eigenvalue weighted by atomic mass is 10.2. The lowest BCUT2D eigenvalue weighted by Gasteiger charge is -2.11. The van der Waals surface area contributed by atoms with E-state index in [1.54, 1.807) is 0 Å². The molecule has 8 heteroatoms. The van der Waals surface area contributed by atoms with Crippen LogP contribution < -0.4 is 14.8 Å². The summed E-state index contributed by atoms with van der Waals surface area (Å²) in [6.45, 7) is 4.03. The molecule has 2 rings (SSSR count). The van der Waals surface area contributed by atoms with Crippen LogP contribution >= 0.6 is 11.6 Å². The van der Waals surface area contributed by atoms with Crippen LogP contribution in [0.25, 0.3) is 0 Å². The van der Waals surface area contributed by atoms with Gasteiger partial charge in [0.15, 0.2) is 6.61 Å². The molecule has 0 bridgehead atoms. The van der Waals surface area contributed by atoms with Crippen LogP contribution in [0.1, 0.15) is 26.7 Å². The molecule has 1 aromatic rings. The molecule has 0 aromatic heterocycles. The van der Waals surface area contributed by atoms with Gasteiger partial charge in [-0.05, 0) is 37.0 Å². The van der Waals surface area contributed by atoms with Crippen LogP contribution in [0, 0.1) is 5.92 Å². The Morgan fingerprint density at radius 3 is 2.65 bits per heavy atom. The second kappa shape index (κ2) is 7.51. The van der Waals surface area contributed by atoms with Crippen LogP contribution in [0.15, 0.2) is 23.1 Å². The van der Waals surface area contributed by atoms with E-state index in [2.05, 4.69) is 10.0 Å². The number of benzene rings is 1. The molecule has 23 heavy (non-hydrogen) atoms. The molecular formula is C15H21ClN2O4S. The zero-order chi connectivity index (χ0) is 17.0. The summed E-state index contributed by atoms with van der Waals surface area (Å²) in [7, 11) is -3.60. The van der Waals surface area contributed by atoms with Crippen LogP contribution in [0.2, 0.25) is 5.02 Å². The number of amides is 1. The van der Waals surface area contributed by atoms with Crippen LogP contribution in [-0.4, -0.2) is 33.5 Å². The summed E-state index contributed by atoms with van der Waals surface area (Å²) in [6.07, 6.45) is 2.00. The van der Waals surface area contributed by atoms with Gasteiger partial charge in [-0.3, -0.25) is 4.79 Å². The van der Waals surface area contributed by atoms with Crippen molar-refractivity contribution in [1.29, 1.82) is 0 Å². The number of ether oxygens (including phenoxy) is 1. The average molecular weight is 361 g/mol. The highest BCUT2D eigenvalue weighted by Crippen LogP contribution is 2.27. The molecule has 0 atom stereocenters. The van der Waals surface area contributed by atoms with Gasteiger partial charge in [-0.2, -0.15) is 0 Å². The fourth-order valence-corrected chi connectivity index (χ4v) is 3.31. The second-order valence-corrected chi connectivity index (χ2v) is 8.14. The minimum Gasteiger partial charge on any atom is -0.482 e. The summed E-state index contributed by atoms with van der Waals surface area (Å²) < 4.78 is 32.1.